The maximum atomic E-state index is 13.4. The number of aromatic nitrogens is 4. The summed E-state index contributed by atoms with van der Waals surface area (Å²) in [5.41, 5.74) is 7.70. The topological polar surface area (TPSA) is 248 Å². The monoisotopic (exact) mass is 542 g/mol. The van der Waals surface area contributed by atoms with E-state index in [2.05, 4.69) is 35.9 Å². The van der Waals surface area contributed by atoms with Crippen molar-refractivity contribution in [1.82, 2.24) is 35.9 Å². The molecule has 3 rings (SSSR count). The molecule has 0 bridgehead atoms. The van der Waals surface area contributed by atoms with E-state index >= 15 is 0 Å². The number of nitrogens with two attached hydrogens (primary N) is 1. The van der Waals surface area contributed by atoms with E-state index in [1.165, 1.54) is 37.2 Å². The van der Waals surface area contributed by atoms with Crippen LogP contribution in [0.2, 0.25) is 0 Å². The van der Waals surface area contributed by atoms with Crippen LogP contribution in [0.1, 0.15) is 17.0 Å². The first-order valence-electron chi connectivity index (χ1n) is 11.9. The quantitative estimate of drug-likeness (QED) is 0.106. The number of imidazole rings is 2. The van der Waals surface area contributed by atoms with Crippen molar-refractivity contribution in [2.75, 3.05) is 6.61 Å². The summed E-state index contributed by atoms with van der Waals surface area (Å²) >= 11 is 0. The second kappa shape index (κ2) is 13.7. The first-order valence-corrected chi connectivity index (χ1v) is 11.9. The SMILES string of the molecule is NC(Cc1cnc[nH]1)C(=O)NC(Cc1ccc(O)cc1)C(=O)NC(Cc1cnc[nH]1)C(=O)NC(CO)C(=O)O. The molecule has 0 fully saturated rings. The number of amides is 3. The number of aliphatic hydroxyl groups is 1. The van der Waals surface area contributed by atoms with Gasteiger partial charge < -0.3 is 47.0 Å². The molecule has 15 nitrogen and oxygen atoms in total. The van der Waals surface area contributed by atoms with Gasteiger partial charge in [-0.05, 0) is 17.7 Å². The number of nitrogens with one attached hydrogen (secondary N) is 5. The smallest absolute Gasteiger partial charge is 0.328 e. The number of carbonyl (C=O) groups excluding carboxylic acids is 3. The average Bonchev–Trinajstić information content (AvgIpc) is 3.61. The predicted octanol–water partition coefficient (Wildman–Crippen LogP) is -2.28. The Morgan fingerprint density at radius 1 is 0.795 bits per heavy atom. The van der Waals surface area contributed by atoms with Crippen molar-refractivity contribution in [3.8, 4) is 5.75 Å². The Balaban J connectivity index is 1.80. The standard InChI is InChI=1S/C24H30N8O7/c25-17(6-14-8-26-11-28-14)21(35)30-18(5-13-1-3-16(34)4-2-13)22(36)31-19(7-15-9-27-12-29-15)23(37)32-20(10-33)24(38)39/h1-4,8-9,11-12,17-20,33-34H,5-7,10,25H2,(H,26,28)(H,27,29)(H,30,35)(H,31,36)(H,32,37)(H,38,39). The van der Waals surface area contributed by atoms with Gasteiger partial charge in [0.05, 0.1) is 25.3 Å². The summed E-state index contributed by atoms with van der Waals surface area (Å²) in [6.45, 7) is -0.862. The Labute approximate surface area is 222 Å². The molecule has 3 aromatic rings. The summed E-state index contributed by atoms with van der Waals surface area (Å²) in [5, 5.41) is 35.4. The molecule has 2 aromatic heterocycles. The molecule has 10 N–H and O–H groups in total. The second-order valence-electron chi connectivity index (χ2n) is 8.74. The third-order valence-corrected chi connectivity index (χ3v) is 5.75. The highest BCUT2D eigenvalue weighted by atomic mass is 16.4. The Hall–Kier alpha value is -4.76. The summed E-state index contributed by atoms with van der Waals surface area (Å²) in [4.78, 5) is 63.9. The lowest BCUT2D eigenvalue weighted by atomic mass is 10.0. The lowest BCUT2D eigenvalue weighted by Gasteiger charge is -2.25. The molecule has 0 aliphatic rings. The highest BCUT2D eigenvalue weighted by molar-refractivity contribution is 5.94. The molecule has 2 heterocycles. The molecule has 4 unspecified atom stereocenters. The lowest BCUT2D eigenvalue weighted by molar-refractivity contribution is -0.143. The van der Waals surface area contributed by atoms with E-state index in [1.54, 1.807) is 12.1 Å². The van der Waals surface area contributed by atoms with Gasteiger partial charge in [0.2, 0.25) is 17.7 Å². The second-order valence-corrected chi connectivity index (χ2v) is 8.74. The number of nitrogens with zero attached hydrogens (tertiary/aromatic N) is 2. The summed E-state index contributed by atoms with van der Waals surface area (Å²) in [5.74, 6) is -3.70. The van der Waals surface area contributed by atoms with Crippen LogP contribution in [-0.4, -0.2) is 89.7 Å². The summed E-state index contributed by atoms with van der Waals surface area (Å²) in [7, 11) is 0. The molecule has 15 heteroatoms. The fourth-order valence-corrected chi connectivity index (χ4v) is 3.64. The highest BCUT2D eigenvalue weighted by Gasteiger charge is 2.31. The number of aromatic hydroxyl groups is 1. The summed E-state index contributed by atoms with van der Waals surface area (Å²) in [6.07, 6.45) is 5.78. The predicted molar refractivity (Wildman–Crippen MR) is 135 cm³/mol. The first-order chi connectivity index (χ1) is 18.7. The van der Waals surface area contributed by atoms with Crippen molar-refractivity contribution >= 4 is 23.7 Å². The number of H-pyrrole nitrogens is 2. The van der Waals surface area contributed by atoms with Crippen LogP contribution in [0.25, 0.3) is 0 Å². The van der Waals surface area contributed by atoms with Gasteiger partial charge in [0.25, 0.3) is 0 Å². The zero-order valence-corrected chi connectivity index (χ0v) is 20.7. The van der Waals surface area contributed by atoms with Gasteiger partial charge in [0, 0.05) is 43.0 Å². The van der Waals surface area contributed by atoms with Crippen molar-refractivity contribution < 1.29 is 34.5 Å². The van der Waals surface area contributed by atoms with E-state index in [9.17, 15) is 34.5 Å². The molecule has 0 saturated carbocycles. The molecule has 39 heavy (non-hydrogen) atoms. The highest BCUT2D eigenvalue weighted by Crippen LogP contribution is 2.12. The average molecular weight is 543 g/mol. The number of benzene rings is 1. The number of carboxylic acids is 1. The van der Waals surface area contributed by atoms with Gasteiger partial charge in [-0.1, -0.05) is 12.1 Å². The van der Waals surface area contributed by atoms with Crippen molar-refractivity contribution in [3.63, 3.8) is 0 Å². The van der Waals surface area contributed by atoms with Crippen molar-refractivity contribution in [2.45, 2.75) is 43.4 Å². The van der Waals surface area contributed by atoms with E-state index in [0.717, 1.165) is 0 Å². The maximum Gasteiger partial charge on any atom is 0.328 e. The third-order valence-electron chi connectivity index (χ3n) is 5.75. The summed E-state index contributed by atoms with van der Waals surface area (Å²) in [6, 6.07) is 0.887. The zero-order valence-electron chi connectivity index (χ0n) is 20.7. The van der Waals surface area contributed by atoms with E-state index in [4.69, 9.17) is 5.73 Å². The molecule has 208 valence electrons. The van der Waals surface area contributed by atoms with Crippen LogP contribution >= 0.6 is 0 Å². The van der Waals surface area contributed by atoms with E-state index < -0.39 is 54.5 Å². The van der Waals surface area contributed by atoms with Crippen molar-refractivity contribution in [2.24, 2.45) is 5.73 Å². The van der Waals surface area contributed by atoms with Crippen LogP contribution in [0.15, 0.2) is 49.3 Å². The number of aliphatic hydroxyl groups excluding tert-OH is 1. The molecule has 1 aromatic carbocycles. The van der Waals surface area contributed by atoms with Crippen LogP contribution in [0.5, 0.6) is 5.75 Å². The summed E-state index contributed by atoms with van der Waals surface area (Å²) < 4.78 is 0. The van der Waals surface area contributed by atoms with Gasteiger partial charge >= 0.3 is 5.97 Å². The zero-order chi connectivity index (χ0) is 28.4. The number of aromatic amines is 2. The number of rotatable bonds is 14. The van der Waals surface area contributed by atoms with Crippen molar-refractivity contribution in [1.29, 1.82) is 0 Å². The first kappa shape index (κ1) is 28.8. The molecule has 0 radical (unpaired) electrons. The van der Waals surface area contributed by atoms with E-state index in [-0.39, 0.29) is 25.0 Å². The molecule has 4 atom stereocenters. The van der Waals surface area contributed by atoms with Crippen LogP contribution < -0.4 is 21.7 Å². The number of hydrogen-bond acceptors (Lipinski definition) is 9. The van der Waals surface area contributed by atoms with Crippen molar-refractivity contribution in [3.05, 3.63) is 66.3 Å². The van der Waals surface area contributed by atoms with Gasteiger partial charge in [-0.2, -0.15) is 0 Å². The number of phenolic OH excluding ortho intramolecular Hbond substituents is 1. The number of hydrogen-bond donors (Lipinski definition) is 9. The number of aliphatic carboxylic acids is 1. The molecular formula is C24H30N8O7. The number of carboxylic acid groups (broad SMARTS) is 1. The van der Waals surface area contributed by atoms with E-state index in [1.807, 2.05) is 0 Å². The van der Waals surface area contributed by atoms with Crippen LogP contribution in [0.3, 0.4) is 0 Å². The number of carbonyl (C=O) groups is 4. The maximum absolute atomic E-state index is 13.4. The largest absolute Gasteiger partial charge is 0.508 e. The molecule has 0 spiro atoms. The molecular weight excluding hydrogens is 512 g/mol. The van der Waals surface area contributed by atoms with Gasteiger partial charge in [-0.25, -0.2) is 14.8 Å². The minimum absolute atomic E-state index is 0.0125. The molecule has 3 amide bonds. The van der Waals surface area contributed by atoms with Gasteiger partial charge in [0.1, 0.15) is 23.9 Å². The Morgan fingerprint density at radius 3 is 1.82 bits per heavy atom. The fourth-order valence-electron chi connectivity index (χ4n) is 3.64. The minimum atomic E-state index is -1.59. The molecule has 0 saturated heterocycles. The van der Waals surface area contributed by atoms with E-state index in [0.29, 0.717) is 17.0 Å². The molecule has 0 aliphatic heterocycles. The Bertz CT molecular complexity index is 1230. The third kappa shape index (κ3) is 8.65. The van der Waals surface area contributed by atoms with Gasteiger partial charge in [-0.3, -0.25) is 14.4 Å². The lowest BCUT2D eigenvalue weighted by Crippen LogP contribution is -2.58. The number of phenols is 1. The Kier molecular flexibility index (Phi) is 10.1. The Morgan fingerprint density at radius 2 is 1.31 bits per heavy atom. The van der Waals surface area contributed by atoms with Crippen LogP contribution in [-0.2, 0) is 38.4 Å². The fraction of sp³-hybridized carbons (Fsp3) is 0.333. The van der Waals surface area contributed by atoms with Crippen LogP contribution in [0, 0.1) is 0 Å². The van der Waals surface area contributed by atoms with Crippen LogP contribution in [0.4, 0.5) is 0 Å². The molecule has 0 aliphatic carbocycles. The minimum Gasteiger partial charge on any atom is -0.508 e. The van der Waals surface area contributed by atoms with Gasteiger partial charge in [-0.15, -0.1) is 0 Å². The normalized spacial score (nSPS) is 14.0. The van der Waals surface area contributed by atoms with Gasteiger partial charge in [0.15, 0.2) is 0 Å².